The van der Waals surface area contributed by atoms with Crippen LogP contribution in [0, 0.1) is 0 Å². The number of carbonyl (C=O) groups is 1. The van der Waals surface area contributed by atoms with E-state index in [1.54, 1.807) is 18.2 Å². The molecule has 31 heavy (non-hydrogen) atoms. The molecule has 0 saturated heterocycles. The van der Waals surface area contributed by atoms with Crippen molar-refractivity contribution in [1.82, 2.24) is 4.57 Å². The van der Waals surface area contributed by atoms with Crippen LogP contribution in [-0.4, -0.2) is 10.5 Å². The summed E-state index contributed by atoms with van der Waals surface area (Å²) >= 11 is 0. The van der Waals surface area contributed by atoms with Gasteiger partial charge < -0.3 is 9.88 Å². The molecule has 0 atom stereocenters. The molecule has 1 aromatic heterocycles. The molecule has 2 aromatic carbocycles. The Morgan fingerprint density at radius 2 is 1.48 bits per heavy atom. The molecule has 0 aliphatic carbocycles. The summed E-state index contributed by atoms with van der Waals surface area (Å²) in [5.41, 5.74) is 0.855. The number of nitrogens with zero attached hydrogens (tertiary/aromatic N) is 1. The number of anilines is 1. The van der Waals surface area contributed by atoms with Crippen LogP contribution >= 0.6 is 0 Å². The number of amides is 1. The molecule has 3 aromatic rings. The van der Waals surface area contributed by atoms with Gasteiger partial charge in [-0.05, 0) is 52.9 Å². The molecule has 4 nitrogen and oxygen atoms in total. The third-order valence-corrected chi connectivity index (χ3v) is 4.91. The lowest BCUT2D eigenvalue weighted by Gasteiger charge is -2.19. The van der Waals surface area contributed by atoms with Gasteiger partial charge in [0.25, 0.3) is 11.5 Å². The van der Waals surface area contributed by atoms with Crippen molar-refractivity contribution in [3.63, 3.8) is 0 Å². The van der Waals surface area contributed by atoms with Gasteiger partial charge in [-0.3, -0.25) is 9.59 Å². The predicted molar refractivity (Wildman–Crippen MR) is 114 cm³/mol. The van der Waals surface area contributed by atoms with Crippen molar-refractivity contribution in [2.24, 2.45) is 0 Å². The minimum Gasteiger partial charge on any atom is -0.322 e. The Kier molecular flexibility index (Phi) is 6.06. The van der Waals surface area contributed by atoms with Gasteiger partial charge in [0.15, 0.2) is 0 Å². The van der Waals surface area contributed by atoms with Gasteiger partial charge in [0.1, 0.15) is 5.56 Å². The Bertz CT molecular complexity index is 1120. The summed E-state index contributed by atoms with van der Waals surface area (Å²) in [7, 11) is 0. The first kappa shape index (κ1) is 22.3. The van der Waals surface area contributed by atoms with Crippen molar-refractivity contribution < 1.29 is 18.0 Å². The maximum atomic E-state index is 12.7. The summed E-state index contributed by atoms with van der Waals surface area (Å²) in [6, 6.07) is 15.0. The molecule has 0 aliphatic heterocycles. The zero-order valence-electron chi connectivity index (χ0n) is 17.5. The number of carbonyl (C=O) groups excluding carboxylic acids is 1. The summed E-state index contributed by atoms with van der Waals surface area (Å²) in [4.78, 5) is 25.4. The molecule has 0 bridgehead atoms. The van der Waals surface area contributed by atoms with E-state index in [9.17, 15) is 22.8 Å². The largest absolute Gasteiger partial charge is 0.416 e. The van der Waals surface area contributed by atoms with E-state index in [1.807, 2.05) is 12.1 Å². The molecular formula is C24H23F3N2O2. The number of halogens is 3. The molecule has 3 rings (SSSR count). The van der Waals surface area contributed by atoms with Crippen LogP contribution < -0.4 is 10.9 Å². The lowest BCUT2D eigenvalue weighted by Crippen LogP contribution is -2.29. The minimum atomic E-state index is -4.42. The van der Waals surface area contributed by atoms with Crippen LogP contribution in [0.2, 0.25) is 0 Å². The number of nitrogens with one attached hydrogen (secondary N) is 1. The Balaban J connectivity index is 1.77. The van der Waals surface area contributed by atoms with Gasteiger partial charge in [0, 0.05) is 11.9 Å². The second-order valence-corrected chi connectivity index (χ2v) is 8.33. The van der Waals surface area contributed by atoms with Gasteiger partial charge in [0.05, 0.1) is 12.1 Å². The maximum Gasteiger partial charge on any atom is 0.416 e. The first-order valence-corrected chi connectivity index (χ1v) is 9.72. The lowest BCUT2D eigenvalue weighted by molar-refractivity contribution is -0.137. The number of aromatic nitrogens is 1. The van der Waals surface area contributed by atoms with Crippen LogP contribution in [0.1, 0.15) is 47.8 Å². The van der Waals surface area contributed by atoms with Gasteiger partial charge in [0.2, 0.25) is 0 Å². The monoisotopic (exact) mass is 428 g/mol. The highest BCUT2D eigenvalue weighted by molar-refractivity contribution is 6.03. The standard InChI is InChI=1S/C24H23F3N2O2/c1-23(2,3)17-10-12-19(13-11-17)28-21(30)20-5-4-14-29(22(20)31)15-16-6-8-18(9-7-16)24(25,26)27/h4-14H,15H2,1-3H3,(H,28,30). The molecule has 1 heterocycles. The fourth-order valence-corrected chi connectivity index (χ4v) is 3.08. The van der Waals surface area contributed by atoms with Crippen molar-refractivity contribution in [2.45, 2.75) is 38.9 Å². The molecule has 7 heteroatoms. The Morgan fingerprint density at radius 1 is 0.903 bits per heavy atom. The van der Waals surface area contributed by atoms with Crippen LogP contribution in [0.4, 0.5) is 18.9 Å². The minimum absolute atomic E-state index is 0.0198. The molecule has 0 saturated carbocycles. The van der Waals surface area contributed by atoms with Crippen LogP contribution in [0.3, 0.4) is 0 Å². The van der Waals surface area contributed by atoms with E-state index in [2.05, 4.69) is 26.1 Å². The van der Waals surface area contributed by atoms with E-state index in [1.165, 1.54) is 29.0 Å². The second-order valence-electron chi connectivity index (χ2n) is 8.33. The summed E-state index contributed by atoms with van der Waals surface area (Å²) < 4.78 is 39.4. The Labute approximate surface area is 178 Å². The van der Waals surface area contributed by atoms with E-state index in [-0.39, 0.29) is 17.5 Å². The molecule has 0 fully saturated rings. The van der Waals surface area contributed by atoms with Crippen molar-refractivity contribution in [1.29, 1.82) is 0 Å². The lowest BCUT2D eigenvalue weighted by atomic mass is 9.87. The van der Waals surface area contributed by atoms with E-state index >= 15 is 0 Å². The quantitative estimate of drug-likeness (QED) is 0.600. The van der Waals surface area contributed by atoms with E-state index in [0.29, 0.717) is 11.3 Å². The number of pyridine rings is 1. The first-order valence-electron chi connectivity index (χ1n) is 9.72. The van der Waals surface area contributed by atoms with Gasteiger partial charge in [-0.15, -0.1) is 0 Å². The van der Waals surface area contributed by atoms with Crippen molar-refractivity contribution in [3.8, 4) is 0 Å². The Morgan fingerprint density at radius 3 is 2.03 bits per heavy atom. The summed E-state index contributed by atoms with van der Waals surface area (Å²) in [6.45, 7) is 6.31. The summed E-state index contributed by atoms with van der Waals surface area (Å²) in [5.74, 6) is -0.546. The SMILES string of the molecule is CC(C)(C)c1ccc(NC(=O)c2cccn(Cc3ccc(C(F)(F)F)cc3)c2=O)cc1. The third-order valence-electron chi connectivity index (χ3n) is 4.91. The van der Waals surface area contributed by atoms with Crippen LogP contribution in [0.5, 0.6) is 0 Å². The maximum absolute atomic E-state index is 12.7. The predicted octanol–water partition coefficient (Wildman–Crippen LogP) is 5.47. The molecule has 0 spiro atoms. The highest BCUT2D eigenvalue weighted by Gasteiger charge is 2.29. The molecule has 0 unspecified atom stereocenters. The fourth-order valence-electron chi connectivity index (χ4n) is 3.08. The number of hydrogen-bond donors (Lipinski definition) is 1. The van der Waals surface area contributed by atoms with Crippen molar-refractivity contribution in [2.75, 3.05) is 5.32 Å². The van der Waals surface area contributed by atoms with E-state index in [4.69, 9.17) is 0 Å². The first-order chi connectivity index (χ1) is 14.4. The zero-order chi connectivity index (χ0) is 22.8. The molecule has 162 valence electrons. The normalized spacial score (nSPS) is 11.9. The van der Waals surface area contributed by atoms with E-state index < -0.39 is 23.2 Å². The highest BCUT2D eigenvalue weighted by Crippen LogP contribution is 2.29. The number of alkyl halides is 3. The molecule has 1 amide bonds. The number of benzene rings is 2. The van der Waals surface area contributed by atoms with E-state index in [0.717, 1.165) is 17.7 Å². The highest BCUT2D eigenvalue weighted by atomic mass is 19.4. The van der Waals surface area contributed by atoms with Crippen LogP contribution in [0.25, 0.3) is 0 Å². The van der Waals surface area contributed by atoms with Crippen molar-refractivity contribution in [3.05, 3.63) is 99.5 Å². The third kappa shape index (κ3) is 5.42. The zero-order valence-corrected chi connectivity index (χ0v) is 17.5. The van der Waals surface area contributed by atoms with Gasteiger partial charge in [-0.25, -0.2) is 0 Å². The van der Waals surface area contributed by atoms with Gasteiger partial charge >= 0.3 is 6.18 Å². The molecule has 0 radical (unpaired) electrons. The number of rotatable bonds is 4. The topological polar surface area (TPSA) is 51.1 Å². The number of hydrogen-bond acceptors (Lipinski definition) is 2. The summed E-state index contributed by atoms with van der Waals surface area (Å²) in [6.07, 6.45) is -2.92. The second kappa shape index (κ2) is 8.41. The Hall–Kier alpha value is -3.35. The average Bonchev–Trinajstić information content (AvgIpc) is 2.69. The fraction of sp³-hybridized carbons (Fsp3) is 0.250. The van der Waals surface area contributed by atoms with Gasteiger partial charge in [-0.2, -0.15) is 13.2 Å². The average molecular weight is 428 g/mol. The van der Waals surface area contributed by atoms with Gasteiger partial charge in [-0.1, -0.05) is 45.0 Å². The summed E-state index contributed by atoms with van der Waals surface area (Å²) in [5, 5.41) is 2.72. The van der Waals surface area contributed by atoms with Crippen LogP contribution in [-0.2, 0) is 18.1 Å². The molecule has 0 aliphatic rings. The molecule has 1 N–H and O–H groups in total. The van der Waals surface area contributed by atoms with Crippen LogP contribution in [0.15, 0.2) is 71.7 Å². The van der Waals surface area contributed by atoms with Crippen molar-refractivity contribution >= 4 is 11.6 Å². The molecular weight excluding hydrogens is 405 g/mol. The smallest absolute Gasteiger partial charge is 0.322 e.